The number of nitrogens with zero attached hydrogens (tertiary/aromatic N) is 2. The molecule has 0 aliphatic carbocycles. The minimum Gasteiger partial charge on any atom is -0.312 e. The monoisotopic (exact) mass is 260 g/mol. The average Bonchev–Trinajstić information content (AvgIpc) is 2.98. The van der Waals surface area contributed by atoms with Gasteiger partial charge in [0.1, 0.15) is 6.07 Å². The molecule has 0 bridgehead atoms. The van der Waals surface area contributed by atoms with Crippen LogP contribution in [0.5, 0.6) is 0 Å². The van der Waals surface area contributed by atoms with Crippen molar-refractivity contribution in [3.05, 3.63) is 39.3 Å². The normalized spacial score (nSPS) is 10.4. The molecule has 2 aromatic rings. The molecule has 0 aromatic carbocycles. The highest BCUT2D eigenvalue weighted by Gasteiger charge is 2.01. The molecule has 0 amide bonds. The summed E-state index contributed by atoms with van der Waals surface area (Å²) in [5.41, 5.74) is 3.21. The van der Waals surface area contributed by atoms with Crippen molar-refractivity contribution in [1.29, 1.82) is 5.26 Å². The Balaban J connectivity index is 1.65. The van der Waals surface area contributed by atoms with Crippen molar-refractivity contribution >= 4 is 11.3 Å². The second-order valence-corrected chi connectivity index (χ2v) is 5.21. The smallest absolute Gasteiger partial charge is 0.100 e. The molecular weight excluding hydrogens is 244 g/mol. The van der Waals surface area contributed by atoms with Gasteiger partial charge < -0.3 is 5.32 Å². The van der Waals surface area contributed by atoms with Crippen LogP contribution < -0.4 is 5.32 Å². The number of aromatic nitrogens is 2. The maximum absolute atomic E-state index is 8.72. The highest BCUT2D eigenvalue weighted by Crippen LogP contribution is 2.13. The van der Waals surface area contributed by atoms with Crippen LogP contribution in [0, 0.1) is 18.3 Å². The van der Waals surface area contributed by atoms with Crippen molar-refractivity contribution in [2.45, 2.75) is 26.3 Å². The Kier molecular flexibility index (Phi) is 4.51. The van der Waals surface area contributed by atoms with Crippen LogP contribution in [0.3, 0.4) is 0 Å². The molecule has 0 radical (unpaired) electrons. The van der Waals surface area contributed by atoms with Gasteiger partial charge in [-0.25, -0.2) is 0 Å². The van der Waals surface area contributed by atoms with Gasteiger partial charge in [0, 0.05) is 22.5 Å². The van der Waals surface area contributed by atoms with Crippen LogP contribution in [0.4, 0.5) is 0 Å². The summed E-state index contributed by atoms with van der Waals surface area (Å²) < 4.78 is 0. The zero-order valence-corrected chi connectivity index (χ0v) is 11.2. The van der Waals surface area contributed by atoms with E-state index in [2.05, 4.69) is 21.6 Å². The predicted octanol–water partition coefficient (Wildman–Crippen LogP) is 2.37. The van der Waals surface area contributed by atoms with E-state index in [-0.39, 0.29) is 0 Å². The fourth-order valence-electron chi connectivity index (χ4n) is 1.78. The number of aryl methyl sites for hydroxylation is 2. The van der Waals surface area contributed by atoms with Crippen LogP contribution in [0.25, 0.3) is 0 Å². The Hall–Kier alpha value is -1.64. The van der Waals surface area contributed by atoms with E-state index < -0.39 is 0 Å². The number of nitrogens with one attached hydrogen (secondary N) is 2. The number of rotatable bonds is 6. The lowest BCUT2D eigenvalue weighted by Gasteiger charge is -2.02. The van der Waals surface area contributed by atoms with E-state index >= 15 is 0 Å². The standard InChI is InChI=1S/C13H16N4S/c1-10-12(7-16-17-10)3-2-4-15-8-13-5-11(6-14)9-18-13/h5,7,9,15H,2-4,8H2,1H3,(H,16,17). The molecule has 2 aromatic heterocycles. The van der Waals surface area contributed by atoms with Crippen LogP contribution in [0.2, 0.25) is 0 Å². The summed E-state index contributed by atoms with van der Waals surface area (Å²) in [6.07, 6.45) is 4.04. The summed E-state index contributed by atoms with van der Waals surface area (Å²) in [5, 5.41) is 21.0. The molecule has 0 saturated carbocycles. The lowest BCUT2D eigenvalue weighted by molar-refractivity contribution is 0.653. The van der Waals surface area contributed by atoms with Gasteiger partial charge in [0.15, 0.2) is 0 Å². The second-order valence-electron chi connectivity index (χ2n) is 4.21. The molecule has 2 N–H and O–H groups in total. The number of H-pyrrole nitrogens is 1. The van der Waals surface area contributed by atoms with Crippen molar-refractivity contribution in [1.82, 2.24) is 15.5 Å². The Morgan fingerprint density at radius 1 is 1.56 bits per heavy atom. The van der Waals surface area contributed by atoms with Gasteiger partial charge in [0.2, 0.25) is 0 Å². The second kappa shape index (κ2) is 6.34. The fourth-order valence-corrected chi connectivity index (χ4v) is 2.55. The molecule has 5 heteroatoms. The molecule has 0 saturated heterocycles. The van der Waals surface area contributed by atoms with Gasteiger partial charge in [0.25, 0.3) is 0 Å². The Labute approximate surface area is 111 Å². The topological polar surface area (TPSA) is 64.5 Å². The van der Waals surface area contributed by atoms with Crippen molar-refractivity contribution < 1.29 is 0 Å². The molecule has 0 unspecified atom stereocenters. The molecular formula is C13H16N4S. The Morgan fingerprint density at radius 2 is 2.44 bits per heavy atom. The summed E-state index contributed by atoms with van der Waals surface area (Å²) in [6.45, 7) is 3.87. The van der Waals surface area contributed by atoms with Crippen LogP contribution in [0.15, 0.2) is 17.6 Å². The van der Waals surface area contributed by atoms with Gasteiger partial charge in [0.05, 0.1) is 11.8 Å². The fraction of sp³-hybridized carbons (Fsp3) is 0.385. The van der Waals surface area contributed by atoms with E-state index in [1.165, 1.54) is 10.4 Å². The molecule has 0 fully saturated rings. The quantitative estimate of drug-likeness (QED) is 0.784. The van der Waals surface area contributed by atoms with Gasteiger partial charge in [-0.3, -0.25) is 5.10 Å². The van der Waals surface area contributed by atoms with Gasteiger partial charge in [-0.15, -0.1) is 11.3 Å². The van der Waals surface area contributed by atoms with Crippen molar-refractivity contribution in [3.8, 4) is 6.07 Å². The zero-order chi connectivity index (χ0) is 12.8. The average molecular weight is 260 g/mol. The van der Waals surface area contributed by atoms with Gasteiger partial charge in [-0.1, -0.05) is 0 Å². The van der Waals surface area contributed by atoms with Crippen LogP contribution in [-0.2, 0) is 13.0 Å². The summed E-state index contributed by atoms with van der Waals surface area (Å²) in [5.74, 6) is 0. The number of thiophene rings is 1. The minimum atomic E-state index is 0.755. The highest BCUT2D eigenvalue weighted by molar-refractivity contribution is 7.10. The molecule has 94 valence electrons. The Morgan fingerprint density at radius 3 is 3.11 bits per heavy atom. The minimum absolute atomic E-state index is 0.755. The first-order valence-corrected chi connectivity index (χ1v) is 6.84. The lowest BCUT2D eigenvalue weighted by Crippen LogP contribution is -2.14. The molecule has 2 rings (SSSR count). The van der Waals surface area contributed by atoms with Gasteiger partial charge in [-0.05, 0) is 37.9 Å². The van der Waals surface area contributed by atoms with E-state index in [1.54, 1.807) is 11.3 Å². The number of nitriles is 1. The van der Waals surface area contributed by atoms with E-state index in [0.29, 0.717) is 0 Å². The highest BCUT2D eigenvalue weighted by atomic mass is 32.1. The molecule has 0 aliphatic heterocycles. The molecule has 0 spiro atoms. The maximum atomic E-state index is 8.72. The summed E-state index contributed by atoms with van der Waals surface area (Å²) in [6, 6.07) is 4.09. The van der Waals surface area contributed by atoms with Crippen LogP contribution in [0.1, 0.15) is 28.1 Å². The lowest BCUT2D eigenvalue weighted by atomic mass is 10.1. The van der Waals surface area contributed by atoms with Crippen LogP contribution >= 0.6 is 11.3 Å². The van der Waals surface area contributed by atoms with Crippen molar-refractivity contribution in [2.24, 2.45) is 0 Å². The van der Waals surface area contributed by atoms with E-state index in [0.717, 1.165) is 37.2 Å². The molecule has 0 aliphatic rings. The third-order valence-corrected chi connectivity index (χ3v) is 3.75. The third kappa shape index (κ3) is 3.42. The van der Waals surface area contributed by atoms with Gasteiger partial charge in [-0.2, -0.15) is 10.4 Å². The van der Waals surface area contributed by atoms with E-state index in [1.807, 2.05) is 24.6 Å². The third-order valence-electron chi connectivity index (χ3n) is 2.82. The van der Waals surface area contributed by atoms with Crippen molar-refractivity contribution in [3.63, 3.8) is 0 Å². The maximum Gasteiger partial charge on any atom is 0.100 e. The number of hydrogen-bond donors (Lipinski definition) is 2. The SMILES string of the molecule is Cc1[nH]ncc1CCCNCc1cc(C#N)cs1. The van der Waals surface area contributed by atoms with Gasteiger partial charge >= 0.3 is 0 Å². The van der Waals surface area contributed by atoms with Crippen molar-refractivity contribution in [2.75, 3.05) is 6.54 Å². The number of hydrogen-bond acceptors (Lipinski definition) is 4. The predicted molar refractivity (Wildman–Crippen MR) is 72.4 cm³/mol. The summed E-state index contributed by atoms with van der Waals surface area (Å²) in [7, 11) is 0. The Bertz CT molecular complexity index is 535. The zero-order valence-electron chi connectivity index (χ0n) is 10.4. The largest absolute Gasteiger partial charge is 0.312 e. The van der Waals surface area contributed by atoms with E-state index in [4.69, 9.17) is 5.26 Å². The molecule has 2 heterocycles. The van der Waals surface area contributed by atoms with E-state index in [9.17, 15) is 0 Å². The first kappa shape index (κ1) is 12.8. The first-order valence-electron chi connectivity index (χ1n) is 5.96. The number of aromatic amines is 1. The molecule has 18 heavy (non-hydrogen) atoms. The summed E-state index contributed by atoms with van der Waals surface area (Å²) >= 11 is 1.63. The summed E-state index contributed by atoms with van der Waals surface area (Å²) in [4.78, 5) is 1.21. The first-order chi connectivity index (χ1) is 8.79. The molecule has 4 nitrogen and oxygen atoms in total. The van der Waals surface area contributed by atoms with Crippen LogP contribution in [-0.4, -0.2) is 16.7 Å². The molecule has 0 atom stereocenters.